The van der Waals surface area contributed by atoms with Gasteiger partial charge in [0, 0.05) is 56.5 Å². The van der Waals surface area contributed by atoms with Crippen LogP contribution in [0.2, 0.25) is 0 Å². The molecular weight excluding hydrogens is 406 g/mol. The number of fused-ring (bicyclic) bond motifs is 2. The molecule has 1 aromatic carbocycles. The molecule has 7 heteroatoms. The van der Waals surface area contributed by atoms with Gasteiger partial charge in [-0.05, 0) is 55.6 Å². The highest BCUT2D eigenvalue weighted by molar-refractivity contribution is 5.75. The average Bonchev–Trinajstić information content (AvgIpc) is 3.06. The van der Waals surface area contributed by atoms with Gasteiger partial charge in [0.2, 0.25) is 0 Å². The number of non-ortho nitro benzene ring substituents is 1. The molecule has 2 saturated heterocycles. The lowest BCUT2D eigenvalue weighted by Crippen LogP contribution is -2.50. The van der Waals surface area contributed by atoms with E-state index in [1.54, 1.807) is 12.1 Å². The molecule has 5 atom stereocenters. The maximum atomic E-state index is 12.8. The summed E-state index contributed by atoms with van der Waals surface area (Å²) >= 11 is 0. The van der Waals surface area contributed by atoms with Crippen LogP contribution in [0.5, 0.6) is 0 Å². The highest BCUT2D eigenvalue weighted by Gasteiger charge is 2.55. The Hall–Kier alpha value is -2.41. The molecule has 2 heterocycles. The Balaban J connectivity index is 1.20. The van der Waals surface area contributed by atoms with Crippen LogP contribution in [0, 0.1) is 33.3 Å². The monoisotopic (exact) mass is 439 g/mol. The number of hydrogen-bond donors (Lipinski definition) is 0. The molecule has 32 heavy (non-hydrogen) atoms. The lowest BCUT2D eigenvalue weighted by Gasteiger charge is -2.50. The van der Waals surface area contributed by atoms with E-state index in [0.717, 1.165) is 57.7 Å². The number of rotatable bonds is 4. The molecule has 2 aliphatic heterocycles. The van der Waals surface area contributed by atoms with Crippen LogP contribution in [0.4, 0.5) is 11.4 Å². The van der Waals surface area contributed by atoms with Crippen LogP contribution in [-0.4, -0.2) is 54.6 Å². The van der Waals surface area contributed by atoms with E-state index in [2.05, 4.69) is 23.3 Å². The third-order valence-corrected chi connectivity index (χ3v) is 8.57. The summed E-state index contributed by atoms with van der Waals surface area (Å²) in [4.78, 5) is 28.0. The van der Waals surface area contributed by atoms with Crippen LogP contribution in [0.25, 0.3) is 0 Å². The van der Waals surface area contributed by atoms with E-state index in [9.17, 15) is 14.9 Å². The maximum absolute atomic E-state index is 12.8. The topological polar surface area (TPSA) is 75.9 Å². The minimum Gasteiger partial charge on any atom is -0.462 e. The first-order chi connectivity index (χ1) is 15.3. The highest BCUT2D eigenvalue weighted by Crippen LogP contribution is 2.56. The van der Waals surface area contributed by atoms with Crippen LogP contribution in [0.3, 0.4) is 0 Å². The number of allylic oxidation sites excluding steroid dienone is 1. The van der Waals surface area contributed by atoms with Crippen molar-refractivity contribution >= 4 is 17.3 Å². The summed E-state index contributed by atoms with van der Waals surface area (Å²) in [6, 6.07) is 6.77. The molecule has 7 nitrogen and oxygen atoms in total. The zero-order valence-electron chi connectivity index (χ0n) is 18.9. The zero-order valence-corrected chi connectivity index (χ0v) is 18.9. The van der Waals surface area contributed by atoms with Crippen LogP contribution < -0.4 is 4.90 Å². The summed E-state index contributed by atoms with van der Waals surface area (Å²) in [6.45, 7) is 11.0. The summed E-state index contributed by atoms with van der Waals surface area (Å²) in [5.41, 5.74) is 2.75. The second-order valence-corrected chi connectivity index (χ2v) is 10.5. The number of nitrogens with zero attached hydrogens (tertiary/aromatic N) is 3. The Bertz CT molecular complexity index is 908. The fraction of sp³-hybridized carbons (Fsp3) is 0.640. The van der Waals surface area contributed by atoms with Gasteiger partial charge in [-0.3, -0.25) is 19.8 Å². The number of carbonyl (C=O) groups excluding carboxylic acids is 1. The molecule has 0 radical (unpaired) electrons. The number of nitro benzene ring substituents is 1. The normalized spacial score (nSPS) is 35.2. The van der Waals surface area contributed by atoms with Crippen molar-refractivity contribution in [2.45, 2.75) is 45.1 Å². The number of nitro groups is 1. The largest absolute Gasteiger partial charge is 0.462 e. The third kappa shape index (κ3) is 3.81. The van der Waals surface area contributed by atoms with E-state index < -0.39 is 0 Å². The molecule has 0 unspecified atom stereocenters. The molecule has 5 rings (SSSR count). The first kappa shape index (κ1) is 21.4. The Morgan fingerprint density at radius 3 is 2.62 bits per heavy atom. The Kier molecular flexibility index (Phi) is 5.48. The van der Waals surface area contributed by atoms with Crippen LogP contribution in [-0.2, 0) is 9.53 Å². The lowest BCUT2D eigenvalue weighted by molar-refractivity contribution is -0.384. The smallest absolute Gasteiger partial charge is 0.310 e. The van der Waals surface area contributed by atoms with Gasteiger partial charge >= 0.3 is 5.97 Å². The highest BCUT2D eigenvalue weighted by atomic mass is 16.6. The lowest BCUT2D eigenvalue weighted by atomic mass is 9.55. The van der Waals surface area contributed by atoms with Gasteiger partial charge in [-0.2, -0.15) is 0 Å². The Labute approximate surface area is 189 Å². The van der Waals surface area contributed by atoms with Gasteiger partial charge in [-0.1, -0.05) is 19.1 Å². The average molecular weight is 440 g/mol. The van der Waals surface area contributed by atoms with Gasteiger partial charge in [-0.15, -0.1) is 0 Å². The molecule has 2 aliphatic carbocycles. The molecule has 1 aromatic rings. The summed E-state index contributed by atoms with van der Waals surface area (Å²) in [6.07, 6.45) is 5.64. The molecule has 4 fully saturated rings. The molecule has 0 N–H and O–H groups in total. The van der Waals surface area contributed by atoms with E-state index in [1.165, 1.54) is 18.4 Å². The second kappa shape index (κ2) is 8.18. The standard InChI is InChI=1S/C25H33N3O4/c1-17-4-3-9-25(2)15-23-20(14-22(17)25)21(24(29)32-23)16-26-10-12-27(13-11-26)18-5-7-19(8-6-18)28(30)31/h5-8,20-23H,1,3-4,9-16H2,2H3/t20-,21+,22+,23-,25-/m1/s1. The second-order valence-electron chi connectivity index (χ2n) is 10.5. The molecule has 0 bridgehead atoms. The van der Waals surface area contributed by atoms with E-state index in [4.69, 9.17) is 4.74 Å². The van der Waals surface area contributed by atoms with E-state index in [-0.39, 0.29) is 34.0 Å². The van der Waals surface area contributed by atoms with Gasteiger partial charge in [0.15, 0.2) is 0 Å². The number of ether oxygens (including phenoxy) is 1. The number of hydrogen-bond acceptors (Lipinski definition) is 6. The Morgan fingerprint density at radius 1 is 1.22 bits per heavy atom. The number of esters is 1. The Morgan fingerprint density at radius 2 is 1.94 bits per heavy atom. The van der Waals surface area contributed by atoms with Crippen LogP contribution in [0.1, 0.15) is 39.0 Å². The van der Waals surface area contributed by atoms with E-state index in [0.29, 0.717) is 11.8 Å². The van der Waals surface area contributed by atoms with Crippen LogP contribution >= 0.6 is 0 Å². The minimum atomic E-state index is -0.369. The van der Waals surface area contributed by atoms with Crippen LogP contribution in [0.15, 0.2) is 36.4 Å². The van der Waals surface area contributed by atoms with Gasteiger partial charge in [0.25, 0.3) is 5.69 Å². The predicted octanol–water partition coefficient (Wildman–Crippen LogP) is 4.03. The van der Waals surface area contributed by atoms with Crippen molar-refractivity contribution < 1.29 is 14.5 Å². The quantitative estimate of drug-likeness (QED) is 0.305. The fourth-order valence-electron chi connectivity index (χ4n) is 6.72. The molecule has 172 valence electrons. The molecule has 0 amide bonds. The summed E-state index contributed by atoms with van der Waals surface area (Å²) in [5.74, 6) is 0.785. The first-order valence-electron chi connectivity index (χ1n) is 11.9. The van der Waals surface area contributed by atoms with Crippen molar-refractivity contribution in [1.29, 1.82) is 0 Å². The zero-order chi connectivity index (χ0) is 22.5. The van der Waals surface area contributed by atoms with Gasteiger partial charge in [0.05, 0.1) is 10.8 Å². The number of benzene rings is 1. The maximum Gasteiger partial charge on any atom is 0.310 e. The molecular formula is C25H33N3O4. The number of anilines is 1. The van der Waals surface area contributed by atoms with E-state index >= 15 is 0 Å². The molecule has 0 aromatic heterocycles. The summed E-state index contributed by atoms with van der Waals surface area (Å²) in [5, 5.41) is 10.9. The number of piperazine rings is 1. The fourth-order valence-corrected chi connectivity index (χ4v) is 6.72. The predicted molar refractivity (Wildman–Crippen MR) is 122 cm³/mol. The SMILES string of the molecule is C=C1CCC[C@]2(C)C[C@H]3OC(=O)[C@@H](CN4CCN(c5ccc([N+](=O)[O-])cc5)CC4)[C@H]3C[C@@H]12. The molecule has 0 spiro atoms. The first-order valence-corrected chi connectivity index (χ1v) is 11.9. The summed E-state index contributed by atoms with van der Waals surface area (Å²) < 4.78 is 5.93. The van der Waals surface area contributed by atoms with Crippen molar-refractivity contribution in [3.63, 3.8) is 0 Å². The molecule has 2 saturated carbocycles. The minimum absolute atomic E-state index is 0.00865. The third-order valence-electron chi connectivity index (χ3n) is 8.57. The summed E-state index contributed by atoms with van der Waals surface area (Å²) in [7, 11) is 0. The van der Waals surface area contributed by atoms with Crippen molar-refractivity contribution in [2.75, 3.05) is 37.6 Å². The molecule has 4 aliphatic rings. The van der Waals surface area contributed by atoms with Crippen molar-refractivity contribution in [1.82, 2.24) is 4.90 Å². The van der Waals surface area contributed by atoms with Gasteiger partial charge < -0.3 is 9.64 Å². The van der Waals surface area contributed by atoms with Gasteiger partial charge in [0.1, 0.15) is 6.10 Å². The van der Waals surface area contributed by atoms with Gasteiger partial charge in [-0.25, -0.2) is 0 Å². The van der Waals surface area contributed by atoms with Crippen molar-refractivity contribution in [2.24, 2.45) is 23.2 Å². The van der Waals surface area contributed by atoms with Crippen molar-refractivity contribution in [3.05, 3.63) is 46.5 Å². The van der Waals surface area contributed by atoms with Crippen molar-refractivity contribution in [3.8, 4) is 0 Å². The van der Waals surface area contributed by atoms with E-state index in [1.807, 2.05) is 12.1 Å². The number of carbonyl (C=O) groups is 1.